The summed E-state index contributed by atoms with van der Waals surface area (Å²) in [6, 6.07) is 0. The summed E-state index contributed by atoms with van der Waals surface area (Å²) in [5.74, 6) is -0.849. The van der Waals surface area contributed by atoms with Crippen LogP contribution in [0.1, 0.15) is 194 Å². The van der Waals surface area contributed by atoms with Crippen LogP contribution in [0.25, 0.3) is 0 Å². The lowest BCUT2D eigenvalue weighted by molar-refractivity contribution is -0.870. The van der Waals surface area contributed by atoms with Crippen molar-refractivity contribution in [2.75, 3.05) is 47.5 Å². The van der Waals surface area contributed by atoms with Gasteiger partial charge in [-0.15, -0.1) is 0 Å². The Morgan fingerprint density at radius 1 is 0.419 bits per heavy atom. The number of allylic oxidation sites excluding steroid dienone is 24. The Bertz CT molecular complexity index is 1760. The number of carbonyl (C=O) groups is 2. The number of nitrogens with zero attached hydrogens (tertiary/aromatic N) is 1. The minimum atomic E-state index is -4.41. The first-order chi connectivity index (χ1) is 36.0. The zero-order valence-electron chi connectivity index (χ0n) is 47.3. The maximum absolute atomic E-state index is 12.8. The van der Waals surface area contributed by atoms with Crippen LogP contribution in [0.4, 0.5) is 0 Å². The van der Waals surface area contributed by atoms with Gasteiger partial charge in [-0.3, -0.25) is 18.6 Å². The second-order valence-electron chi connectivity index (χ2n) is 19.6. The Balaban J connectivity index is 4.31. The molecular weight excluding hydrogens is 942 g/mol. The first kappa shape index (κ1) is 69.9. The summed E-state index contributed by atoms with van der Waals surface area (Å²) < 4.78 is 34.5. The fourth-order valence-corrected chi connectivity index (χ4v) is 7.76. The van der Waals surface area contributed by atoms with E-state index in [1.165, 1.54) is 25.7 Å². The Kier molecular flexibility index (Phi) is 50.7. The molecule has 0 spiro atoms. The number of likely N-dealkylation sites (N-methyl/N-ethyl adjacent to an activating group) is 1. The molecule has 74 heavy (non-hydrogen) atoms. The predicted molar refractivity (Wildman–Crippen MR) is 316 cm³/mol. The van der Waals surface area contributed by atoms with Gasteiger partial charge in [-0.25, -0.2) is 4.57 Å². The van der Waals surface area contributed by atoms with Gasteiger partial charge in [0.2, 0.25) is 0 Å². The first-order valence-electron chi connectivity index (χ1n) is 28.6. The first-order valence-corrected chi connectivity index (χ1v) is 30.1. The molecule has 0 aliphatic rings. The summed E-state index contributed by atoms with van der Waals surface area (Å²) in [5, 5.41) is 0. The molecule has 10 heteroatoms. The van der Waals surface area contributed by atoms with E-state index in [-0.39, 0.29) is 32.0 Å². The van der Waals surface area contributed by atoms with Crippen LogP contribution in [0.15, 0.2) is 146 Å². The van der Waals surface area contributed by atoms with Gasteiger partial charge >= 0.3 is 19.8 Å². The summed E-state index contributed by atoms with van der Waals surface area (Å²) in [6.07, 6.45) is 79.1. The second kappa shape index (κ2) is 53.7. The topological polar surface area (TPSA) is 108 Å². The van der Waals surface area contributed by atoms with E-state index in [1.54, 1.807) is 0 Å². The molecular formula is C64H105NO8P+. The van der Waals surface area contributed by atoms with E-state index in [0.29, 0.717) is 17.4 Å². The Morgan fingerprint density at radius 2 is 0.730 bits per heavy atom. The third-order valence-corrected chi connectivity index (χ3v) is 12.3. The van der Waals surface area contributed by atoms with Crippen molar-refractivity contribution >= 4 is 19.8 Å². The standard InChI is InChI=1S/C64H104NO8P/c1-6-8-10-12-14-16-18-20-22-24-26-28-29-30-31-32-33-34-35-37-39-41-43-45-47-49-51-53-55-57-64(67)73-62(61-72-74(68,69)71-59-58-65(3,4)5)60-70-63(66)56-54-52-50-48-46-44-42-40-38-36-27-25-23-21-19-17-15-13-11-9-7-2/h8-11,14-17,20-23,26-28,30-31,33-34,36-37,39,43,45,62H,6-7,12-13,18-19,24-25,29,32,35,38,40-42,44,46-61H2,1-5H3/p+1/b10-8-,11-9-,16-14-,17-15-,22-20-,23-21-,28-26-,31-30-,34-33-,36-27-,39-37-,45-43-. The number of unbranched alkanes of at least 4 members (excludes halogenated alkanes) is 12. The molecule has 0 fully saturated rings. The number of hydrogen-bond donors (Lipinski definition) is 1. The highest BCUT2D eigenvalue weighted by Crippen LogP contribution is 2.43. The summed E-state index contributed by atoms with van der Waals surface area (Å²) in [7, 11) is 1.43. The van der Waals surface area contributed by atoms with Gasteiger partial charge in [-0.2, -0.15) is 0 Å². The number of quaternary nitrogens is 1. The van der Waals surface area contributed by atoms with Crippen molar-refractivity contribution in [3.05, 3.63) is 146 Å². The molecule has 418 valence electrons. The van der Waals surface area contributed by atoms with Crippen molar-refractivity contribution in [3.63, 3.8) is 0 Å². The average Bonchev–Trinajstić information content (AvgIpc) is 3.36. The van der Waals surface area contributed by atoms with E-state index >= 15 is 0 Å². The van der Waals surface area contributed by atoms with E-state index in [9.17, 15) is 19.0 Å². The smallest absolute Gasteiger partial charge is 0.462 e. The molecule has 0 saturated heterocycles. The van der Waals surface area contributed by atoms with Crippen LogP contribution in [0, 0.1) is 0 Å². The molecule has 2 atom stereocenters. The zero-order valence-corrected chi connectivity index (χ0v) is 48.2. The Hall–Kier alpha value is -4.11. The molecule has 9 nitrogen and oxygen atoms in total. The van der Waals surface area contributed by atoms with Crippen molar-refractivity contribution < 1.29 is 42.1 Å². The Labute approximate surface area is 453 Å². The number of phosphoric ester groups is 1. The zero-order chi connectivity index (χ0) is 54.2. The maximum atomic E-state index is 12.8. The molecule has 0 aromatic heterocycles. The number of ether oxygens (including phenoxy) is 2. The molecule has 0 rings (SSSR count). The van der Waals surface area contributed by atoms with Crippen molar-refractivity contribution in [3.8, 4) is 0 Å². The second-order valence-corrected chi connectivity index (χ2v) is 21.0. The van der Waals surface area contributed by atoms with E-state index in [2.05, 4.69) is 160 Å². The van der Waals surface area contributed by atoms with Gasteiger partial charge < -0.3 is 18.9 Å². The van der Waals surface area contributed by atoms with E-state index in [1.807, 2.05) is 21.1 Å². The number of hydrogen-bond acceptors (Lipinski definition) is 7. The highest BCUT2D eigenvalue weighted by atomic mass is 31.2. The lowest BCUT2D eigenvalue weighted by Crippen LogP contribution is -2.37. The van der Waals surface area contributed by atoms with Crippen molar-refractivity contribution in [2.45, 2.75) is 200 Å². The van der Waals surface area contributed by atoms with Crippen LogP contribution >= 0.6 is 7.82 Å². The minimum absolute atomic E-state index is 0.0158. The fourth-order valence-electron chi connectivity index (χ4n) is 7.02. The molecule has 0 aliphatic heterocycles. The number of esters is 2. The van der Waals surface area contributed by atoms with Crippen LogP contribution < -0.4 is 0 Å². The maximum Gasteiger partial charge on any atom is 0.472 e. The van der Waals surface area contributed by atoms with Gasteiger partial charge in [0.15, 0.2) is 6.10 Å². The third-order valence-electron chi connectivity index (χ3n) is 11.4. The van der Waals surface area contributed by atoms with Gasteiger partial charge in [-0.1, -0.05) is 211 Å². The normalized spacial score (nSPS) is 14.4. The summed E-state index contributed by atoms with van der Waals surface area (Å²) in [4.78, 5) is 35.7. The van der Waals surface area contributed by atoms with Crippen LogP contribution in [0.5, 0.6) is 0 Å². The summed E-state index contributed by atoms with van der Waals surface area (Å²) in [6.45, 7) is 4.14. The lowest BCUT2D eigenvalue weighted by atomic mass is 10.1. The third kappa shape index (κ3) is 57.2. The molecule has 0 aromatic carbocycles. The monoisotopic (exact) mass is 1050 g/mol. The quantitative estimate of drug-likeness (QED) is 0.0211. The number of phosphoric acid groups is 1. The predicted octanol–water partition coefficient (Wildman–Crippen LogP) is 17.9. The highest BCUT2D eigenvalue weighted by molar-refractivity contribution is 7.47. The van der Waals surface area contributed by atoms with E-state index in [0.717, 1.165) is 135 Å². The lowest BCUT2D eigenvalue weighted by Gasteiger charge is -2.24. The van der Waals surface area contributed by atoms with Crippen molar-refractivity contribution in [1.29, 1.82) is 0 Å². The average molecular weight is 1050 g/mol. The van der Waals surface area contributed by atoms with Gasteiger partial charge in [0, 0.05) is 12.8 Å². The SMILES string of the molecule is CC/C=C\C/C=C\C/C=C\C/C=C\C/C=C\C/C=C\C/C=C\C/C=C\CCCCCCC(=O)OC(COC(=O)CCCCCCCCCC/C=C\C/C=C\C/C=C\C/C=C\CC)COP(=O)(O)OCC[N+](C)(C)C. The van der Waals surface area contributed by atoms with Gasteiger partial charge in [0.25, 0.3) is 0 Å². The van der Waals surface area contributed by atoms with E-state index in [4.69, 9.17) is 18.5 Å². The molecule has 0 aromatic rings. The molecule has 0 saturated carbocycles. The van der Waals surface area contributed by atoms with Crippen LogP contribution in [0.2, 0.25) is 0 Å². The molecule has 2 unspecified atom stereocenters. The van der Waals surface area contributed by atoms with E-state index < -0.39 is 26.5 Å². The summed E-state index contributed by atoms with van der Waals surface area (Å²) >= 11 is 0. The Morgan fingerprint density at radius 3 is 1.08 bits per heavy atom. The van der Waals surface area contributed by atoms with Crippen LogP contribution in [-0.2, 0) is 32.7 Å². The molecule has 0 heterocycles. The van der Waals surface area contributed by atoms with Gasteiger partial charge in [-0.05, 0) is 116 Å². The molecule has 0 bridgehead atoms. The fraction of sp³-hybridized carbons (Fsp3) is 0.594. The number of rotatable bonds is 50. The van der Waals surface area contributed by atoms with Crippen LogP contribution in [0.3, 0.4) is 0 Å². The molecule has 0 amide bonds. The van der Waals surface area contributed by atoms with Crippen molar-refractivity contribution in [1.82, 2.24) is 0 Å². The number of carbonyl (C=O) groups excluding carboxylic acids is 2. The van der Waals surface area contributed by atoms with Gasteiger partial charge in [0.05, 0.1) is 27.7 Å². The summed E-state index contributed by atoms with van der Waals surface area (Å²) in [5.41, 5.74) is 0. The molecule has 1 N–H and O–H groups in total. The largest absolute Gasteiger partial charge is 0.472 e. The van der Waals surface area contributed by atoms with Crippen molar-refractivity contribution in [2.24, 2.45) is 0 Å². The van der Waals surface area contributed by atoms with Gasteiger partial charge in [0.1, 0.15) is 19.8 Å². The molecule has 0 radical (unpaired) electrons. The molecule has 0 aliphatic carbocycles. The van der Waals surface area contributed by atoms with Crippen LogP contribution in [-0.4, -0.2) is 74.9 Å². The highest BCUT2D eigenvalue weighted by Gasteiger charge is 2.27. The minimum Gasteiger partial charge on any atom is -0.462 e.